The molecule has 37 heavy (non-hydrogen) atoms. The molecule has 0 bridgehead atoms. The quantitative estimate of drug-likeness (QED) is 0.383. The van der Waals surface area contributed by atoms with Gasteiger partial charge < -0.3 is 4.90 Å². The van der Waals surface area contributed by atoms with E-state index in [1.54, 1.807) is 0 Å². The third-order valence-electron chi connectivity index (χ3n) is 8.24. The van der Waals surface area contributed by atoms with Crippen LogP contribution in [0.15, 0.2) is 66.7 Å². The van der Waals surface area contributed by atoms with E-state index >= 15 is 0 Å². The predicted molar refractivity (Wildman–Crippen MR) is 147 cm³/mol. The molecule has 0 radical (unpaired) electrons. The van der Waals surface area contributed by atoms with Crippen LogP contribution in [0.3, 0.4) is 0 Å². The molecule has 1 saturated carbocycles. The Labute approximate surface area is 219 Å². The molecule has 2 fully saturated rings. The van der Waals surface area contributed by atoms with Crippen LogP contribution in [0.25, 0.3) is 11.1 Å². The SMILES string of the molecule is Cc1cc(C)c(C2C(=O)CC(CC3CCN(C(=O)c4ccc(-c5ccccc5)cc4)CC3)C2=O)c(C)c1. The maximum Gasteiger partial charge on any atom is 0.253 e. The molecule has 2 atom stereocenters. The number of hydrogen-bond acceptors (Lipinski definition) is 3. The average Bonchev–Trinajstić information content (AvgIpc) is 3.16. The first-order chi connectivity index (χ1) is 17.8. The number of nitrogens with zero attached hydrogens (tertiary/aromatic N) is 1. The minimum absolute atomic E-state index is 0.0653. The summed E-state index contributed by atoms with van der Waals surface area (Å²) in [5.74, 6) is -0.212. The lowest BCUT2D eigenvalue weighted by Gasteiger charge is -2.33. The monoisotopic (exact) mass is 493 g/mol. The summed E-state index contributed by atoms with van der Waals surface area (Å²) in [6.07, 6.45) is 2.85. The summed E-state index contributed by atoms with van der Waals surface area (Å²) in [6, 6.07) is 22.1. The molecule has 1 saturated heterocycles. The van der Waals surface area contributed by atoms with E-state index in [1.807, 2.05) is 68.1 Å². The fourth-order valence-electron chi connectivity index (χ4n) is 6.40. The first-order valence-corrected chi connectivity index (χ1v) is 13.4. The van der Waals surface area contributed by atoms with E-state index in [0.29, 0.717) is 31.0 Å². The highest BCUT2D eigenvalue weighted by Gasteiger charge is 2.44. The molecular weight excluding hydrogens is 458 g/mol. The smallest absolute Gasteiger partial charge is 0.253 e. The topological polar surface area (TPSA) is 54.5 Å². The highest BCUT2D eigenvalue weighted by atomic mass is 16.2. The number of aryl methyl sites for hydroxylation is 3. The number of carbonyl (C=O) groups excluding carboxylic acids is 3. The highest BCUT2D eigenvalue weighted by molar-refractivity contribution is 6.15. The number of hydrogen-bond donors (Lipinski definition) is 0. The first-order valence-electron chi connectivity index (χ1n) is 13.4. The summed E-state index contributed by atoms with van der Waals surface area (Å²) >= 11 is 0. The van der Waals surface area contributed by atoms with Crippen LogP contribution < -0.4 is 0 Å². The summed E-state index contributed by atoms with van der Waals surface area (Å²) in [7, 11) is 0. The second-order valence-electron chi connectivity index (χ2n) is 10.9. The molecule has 3 aromatic carbocycles. The molecule has 0 aromatic heterocycles. The normalized spacial score (nSPS) is 20.5. The van der Waals surface area contributed by atoms with Gasteiger partial charge >= 0.3 is 0 Å². The Balaban J connectivity index is 1.18. The standard InChI is InChI=1S/C33H35NO3/c1-21-17-22(2)30(23(3)18-21)31-29(35)20-28(32(31)36)19-24-13-15-34(16-14-24)33(37)27-11-9-26(10-12-27)25-7-5-4-6-8-25/h4-12,17-18,24,28,31H,13-16,19-20H2,1-3H3. The van der Waals surface area contributed by atoms with Gasteiger partial charge in [-0.3, -0.25) is 14.4 Å². The Morgan fingerprint density at radius 2 is 1.43 bits per heavy atom. The molecule has 2 unspecified atom stereocenters. The van der Waals surface area contributed by atoms with Crippen molar-refractivity contribution in [3.8, 4) is 11.1 Å². The average molecular weight is 494 g/mol. The molecule has 1 heterocycles. The number of benzene rings is 3. The van der Waals surface area contributed by atoms with Gasteiger partial charge in [0.25, 0.3) is 5.91 Å². The van der Waals surface area contributed by atoms with Gasteiger partial charge in [0.1, 0.15) is 11.7 Å². The lowest BCUT2D eigenvalue weighted by atomic mass is 9.83. The van der Waals surface area contributed by atoms with Crippen molar-refractivity contribution in [2.24, 2.45) is 11.8 Å². The Hall–Kier alpha value is -3.53. The molecule has 0 N–H and O–H groups in total. The van der Waals surface area contributed by atoms with Crippen LogP contribution in [0.2, 0.25) is 0 Å². The molecule has 1 aliphatic carbocycles. The number of piperidine rings is 1. The van der Waals surface area contributed by atoms with Crippen LogP contribution in [0.5, 0.6) is 0 Å². The second-order valence-corrected chi connectivity index (χ2v) is 10.9. The van der Waals surface area contributed by atoms with Crippen molar-refractivity contribution in [2.45, 2.75) is 52.4 Å². The van der Waals surface area contributed by atoms with E-state index in [1.165, 1.54) is 0 Å². The van der Waals surface area contributed by atoms with Crippen molar-refractivity contribution >= 4 is 17.5 Å². The fraction of sp³-hybridized carbons (Fsp3) is 0.364. The number of likely N-dealkylation sites (tertiary alicyclic amines) is 1. The molecule has 1 amide bonds. The van der Waals surface area contributed by atoms with E-state index in [-0.39, 0.29) is 23.4 Å². The molecular formula is C33H35NO3. The Kier molecular flexibility index (Phi) is 7.10. The Morgan fingerprint density at radius 1 is 0.838 bits per heavy atom. The number of Topliss-reactive ketones (excluding diaryl/α,β-unsaturated/α-hetero) is 2. The second kappa shape index (κ2) is 10.5. The van der Waals surface area contributed by atoms with Crippen LogP contribution in [-0.2, 0) is 9.59 Å². The molecule has 4 heteroatoms. The maximum atomic E-state index is 13.4. The summed E-state index contributed by atoms with van der Waals surface area (Å²) in [5, 5.41) is 0. The summed E-state index contributed by atoms with van der Waals surface area (Å²) in [4.78, 5) is 41.4. The molecule has 4 nitrogen and oxygen atoms in total. The van der Waals surface area contributed by atoms with Gasteiger partial charge in [0.05, 0.1) is 0 Å². The van der Waals surface area contributed by atoms with Crippen molar-refractivity contribution < 1.29 is 14.4 Å². The summed E-state index contributed by atoms with van der Waals surface area (Å²) in [5.41, 5.74) is 7.09. The van der Waals surface area contributed by atoms with Gasteiger partial charge in [-0.2, -0.15) is 0 Å². The molecule has 5 rings (SSSR count). The van der Waals surface area contributed by atoms with Crippen LogP contribution in [0, 0.1) is 32.6 Å². The van der Waals surface area contributed by atoms with Crippen molar-refractivity contribution in [1.82, 2.24) is 4.90 Å². The van der Waals surface area contributed by atoms with Crippen molar-refractivity contribution in [3.05, 3.63) is 94.5 Å². The Morgan fingerprint density at radius 3 is 2.05 bits per heavy atom. The number of rotatable bonds is 5. The Bertz CT molecular complexity index is 1290. The third kappa shape index (κ3) is 5.16. The first kappa shape index (κ1) is 25.1. The highest BCUT2D eigenvalue weighted by Crippen LogP contribution is 2.40. The van der Waals surface area contributed by atoms with E-state index in [0.717, 1.165) is 52.6 Å². The van der Waals surface area contributed by atoms with Crippen LogP contribution in [-0.4, -0.2) is 35.5 Å². The zero-order chi connectivity index (χ0) is 26.1. The fourth-order valence-corrected chi connectivity index (χ4v) is 6.40. The molecule has 190 valence electrons. The minimum atomic E-state index is -0.605. The maximum absolute atomic E-state index is 13.4. The van der Waals surface area contributed by atoms with E-state index < -0.39 is 5.92 Å². The lowest BCUT2D eigenvalue weighted by Crippen LogP contribution is -2.39. The van der Waals surface area contributed by atoms with Crippen LogP contribution >= 0.6 is 0 Å². The van der Waals surface area contributed by atoms with Crippen molar-refractivity contribution in [3.63, 3.8) is 0 Å². The largest absolute Gasteiger partial charge is 0.339 e. The summed E-state index contributed by atoms with van der Waals surface area (Å²) < 4.78 is 0. The third-order valence-corrected chi connectivity index (χ3v) is 8.24. The van der Waals surface area contributed by atoms with E-state index in [4.69, 9.17) is 0 Å². The minimum Gasteiger partial charge on any atom is -0.339 e. The number of ketones is 2. The van der Waals surface area contributed by atoms with Gasteiger partial charge in [0.2, 0.25) is 0 Å². The van der Waals surface area contributed by atoms with E-state index in [2.05, 4.69) is 24.3 Å². The van der Waals surface area contributed by atoms with Gasteiger partial charge in [-0.15, -0.1) is 0 Å². The summed E-state index contributed by atoms with van der Waals surface area (Å²) in [6.45, 7) is 7.44. The van der Waals surface area contributed by atoms with Crippen molar-refractivity contribution in [1.29, 1.82) is 0 Å². The molecule has 1 aliphatic heterocycles. The lowest BCUT2D eigenvalue weighted by molar-refractivity contribution is -0.125. The van der Waals surface area contributed by atoms with Crippen LogP contribution in [0.1, 0.15) is 64.2 Å². The van der Waals surface area contributed by atoms with Gasteiger partial charge in [0, 0.05) is 31.0 Å². The van der Waals surface area contributed by atoms with Crippen LogP contribution in [0.4, 0.5) is 0 Å². The molecule has 3 aromatic rings. The zero-order valence-electron chi connectivity index (χ0n) is 22.0. The van der Waals surface area contributed by atoms with Gasteiger partial charge in [-0.1, -0.05) is 60.2 Å². The van der Waals surface area contributed by atoms with Gasteiger partial charge in [0.15, 0.2) is 5.78 Å². The zero-order valence-corrected chi connectivity index (χ0v) is 22.0. The van der Waals surface area contributed by atoms with Gasteiger partial charge in [-0.25, -0.2) is 0 Å². The van der Waals surface area contributed by atoms with E-state index in [9.17, 15) is 14.4 Å². The predicted octanol–water partition coefficient (Wildman–Crippen LogP) is 6.46. The molecule has 2 aliphatic rings. The van der Waals surface area contributed by atoms with Gasteiger partial charge in [-0.05, 0) is 85.9 Å². The number of amides is 1. The molecule has 0 spiro atoms. The number of carbonyl (C=O) groups is 3. The van der Waals surface area contributed by atoms with Crippen molar-refractivity contribution in [2.75, 3.05) is 13.1 Å².